The molecule has 0 fully saturated rings. The van der Waals surface area contributed by atoms with Crippen molar-refractivity contribution in [1.82, 2.24) is 0 Å². The minimum Gasteiger partial charge on any atom is -0.465 e. The summed E-state index contributed by atoms with van der Waals surface area (Å²) in [7, 11) is 2.58. The van der Waals surface area contributed by atoms with Gasteiger partial charge in [-0.15, -0.1) is 0 Å². The smallest absolute Gasteiger partial charge is 0.338 e. The standard InChI is InChI=1S/C23H24O6/c1-4-5-15-29-21(24)14-13-18-16(11-8-12-20(18)23(26)28-3)17-9-6-7-10-19(17)22(25)27-2/h6-14H,4-5,15H2,1-3H3/b14-13+. The van der Waals surface area contributed by atoms with Gasteiger partial charge in [-0.2, -0.15) is 0 Å². The first-order chi connectivity index (χ1) is 14.0. The van der Waals surface area contributed by atoms with Crippen LogP contribution in [0.15, 0.2) is 48.5 Å². The molecule has 0 aliphatic rings. The van der Waals surface area contributed by atoms with Crippen molar-refractivity contribution in [2.75, 3.05) is 20.8 Å². The van der Waals surface area contributed by atoms with Gasteiger partial charge >= 0.3 is 17.9 Å². The summed E-state index contributed by atoms with van der Waals surface area (Å²) >= 11 is 0. The summed E-state index contributed by atoms with van der Waals surface area (Å²) in [6.07, 6.45) is 4.46. The predicted molar refractivity (Wildman–Crippen MR) is 109 cm³/mol. The van der Waals surface area contributed by atoms with Crippen LogP contribution >= 0.6 is 0 Å². The Bertz CT molecular complexity index is 913. The number of methoxy groups -OCH3 is 2. The van der Waals surface area contributed by atoms with Crippen LogP contribution in [-0.4, -0.2) is 38.7 Å². The summed E-state index contributed by atoms with van der Waals surface area (Å²) in [4.78, 5) is 36.5. The fraction of sp³-hybridized carbons (Fsp3) is 0.261. The Morgan fingerprint density at radius 2 is 1.48 bits per heavy atom. The molecule has 0 heterocycles. The molecule has 6 nitrogen and oxygen atoms in total. The second kappa shape index (κ2) is 10.8. The largest absolute Gasteiger partial charge is 0.465 e. The summed E-state index contributed by atoms with van der Waals surface area (Å²) < 4.78 is 14.9. The topological polar surface area (TPSA) is 78.9 Å². The van der Waals surface area contributed by atoms with E-state index in [1.807, 2.05) is 6.92 Å². The lowest BCUT2D eigenvalue weighted by Gasteiger charge is -2.14. The molecule has 0 aromatic heterocycles. The molecule has 152 valence electrons. The van der Waals surface area contributed by atoms with Crippen molar-refractivity contribution >= 4 is 24.0 Å². The van der Waals surface area contributed by atoms with E-state index in [2.05, 4.69) is 0 Å². The molecule has 0 amide bonds. The number of hydrogen-bond donors (Lipinski definition) is 0. The Labute approximate surface area is 170 Å². The molecule has 0 atom stereocenters. The molecule has 0 saturated carbocycles. The van der Waals surface area contributed by atoms with Crippen molar-refractivity contribution in [3.05, 3.63) is 65.2 Å². The quantitative estimate of drug-likeness (QED) is 0.287. The van der Waals surface area contributed by atoms with E-state index in [0.717, 1.165) is 12.8 Å². The molecule has 0 radical (unpaired) electrons. The Balaban J connectivity index is 2.56. The first-order valence-electron chi connectivity index (χ1n) is 9.27. The number of ether oxygens (including phenoxy) is 3. The lowest BCUT2D eigenvalue weighted by atomic mass is 9.92. The van der Waals surface area contributed by atoms with Crippen LogP contribution in [0.3, 0.4) is 0 Å². The van der Waals surface area contributed by atoms with Crippen LogP contribution < -0.4 is 0 Å². The maximum absolute atomic E-state index is 12.3. The number of hydrogen-bond acceptors (Lipinski definition) is 6. The normalized spacial score (nSPS) is 10.6. The van der Waals surface area contributed by atoms with Gasteiger partial charge in [0, 0.05) is 6.08 Å². The van der Waals surface area contributed by atoms with Crippen LogP contribution in [0.2, 0.25) is 0 Å². The van der Waals surface area contributed by atoms with Gasteiger partial charge in [0.2, 0.25) is 0 Å². The number of carbonyl (C=O) groups excluding carboxylic acids is 3. The molecule has 29 heavy (non-hydrogen) atoms. The van der Waals surface area contributed by atoms with E-state index in [1.165, 1.54) is 26.4 Å². The van der Waals surface area contributed by atoms with E-state index in [9.17, 15) is 14.4 Å². The maximum Gasteiger partial charge on any atom is 0.338 e. The van der Waals surface area contributed by atoms with Gasteiger partial charge in [0.25, 0.3) is 0 Å². The van der Waals surface area contributed by atoms with E-state index in [0.29, 0.717) is 28.9 Å². The van der Waals surface area contributed by atoms with Gasteiger partial charge in [0.1, 0.15) is 0 Å². The molecule has 2 aromatic carbocycles. The molecule has 0 saturated heterocycles. The zero-order valence-electron chi connectivity index (χ0n) is 16.8. The number of rotatable bonds is 8. The lowest BCUT2D eigenvalue weighted by molar-refractivity contribution is -0.137. The molecule has 2 rings (SSSR count). The van der Waals surface area contributed by atoms with Crippen molar-refractivity contribution in [2.45, 2.75) is 19.8 Å². The lowest BCUT2D eigenvalue weighted by Crippen LogP contribution is -2.08. The van der Waals surface area contributed by atoms with Gasteiger partial charge in [-0.3, -0.25) is 0 Å². The number of carbonyl (C=O) groups is 3. The van der Waals surface area contributed by atoms with E-state index < -0.39 is 17.9 Å². The Morgan fingerprint density at radius 1 is 0.862 bits per heavy atom. The Kier molecular flexibility index (Phi) is 8.15. The summed E-state index contributed by atoms with van der Waals surface area (Å²) in [5.74, 6) is -1.57. The molecule has 0 bridgehead atoms. The minimum atomic E-state index is -0.554. The monoisotopic (exact) mass is 396 g/mol. The van der Waals surface area contributed by atoms with Crippen LogP contribution in [0.1, 0.15) is 46.0 Å². The maximum atomic E-state index is 12.3. The van der Waals surface area contributed by atoms with Crippen molar-refractivity contribution in [2.24, 2.45) is 0 Å². The zero-order chi connectivity index (χ0) is 21.2. The fourth-order valence-electron chi connectivity index (χ4n) is 2.79. The number of unbranched alkanes of at least 4 members (excludes halogenated alkanes) is 1. The van der Waals surface area contributed by atoms with Crippen molar-refractivity contribution < 1.29 is 28.6 Å². The fourth-order valence-corrected chi connectivity index (χ4v) is 2.79. The molecule has 2 aromatic rings. The molecule has 0 spiro atoms. The number of benzene rings is 2. The first kappa shape index (κ1) is 21.9. The van der Waals surface area contributed by atoms with E-state index in [1.54, 1.807) is 42.5 Å². The third-order valence-electron chi connectivity index (χ3n) is 4.26. The van der Waals surface area contributed by atoms with Gasteiger partial charge < -0.3 is 14.2 Å². The third kappa shape index (κ3) is 5.54. The van der Waals surface area contributed by atoms with Gasteiger partial charge in [0.05, 0.1) is 32.0 Å². The predicted octanol–water partition coefficient (Wildman–Crippen LogP) is 4.28. The molecule has 0 aliphatic heterocycles. The van der Waals surface area contributed by atoms with Crippen LogP contribution in [0, 0.1) is 0 Å². The summed E-state index contributed by atoms with van der Waals surface area (Å²) in [6.45, 7) is 2.33. The molecular formula is C23H24O6. The van der Waals surface area contributed by atoms with Crippen LogP contribution in [-0.2, 0) is 19.0 Å². The second-order valence-corrected chi connectivity index (χ2v) is 6.15. The summed E-state index contributed by atoms with van der Waals surface area (Å²) in [5, 5.41) is 0. The van der Waals surface area contributed by atoms with Gasteiger partial charge in [0.15, 0.2) is 0 Å². The highest BCUT2D eigenvalue weighted by Gasteiger charge is 2.19. The van der Waals surface area contributed by atoms with Crippen molar-refractivity contribution in [1.29, 1.82) is 0 Å². The van der Waals surface area contributed by atoms with Crippen LogP contribution in [0.25, 0.3) is 17.2 Å². The van der Waals surface area contributed by atoms with E-state index >= 15 is 0 Å². The second-order valence-electron chi connectivity index (χ2n) is 6.15. The van der Waals surface area contributed by atoms with Gasteiger partial charge in [-0.05, 0) is 41.3 Å². The van der Waals surface area contributed by atoms with E-state index in [-0.39, 0.29) is 5.56 Å². The summed E-state index contributed by atoms with van der Waals surface area (Å²) in [6, 6.07) is 11.9. The Hall–Kier alpha value is -3.41. The van der Waals surface area contributed by atoms with Gasteiger partial charge in [-0.1, -0.05) is 43.7 Å². The third-order valence-corrected chi connectivity index (χ3v) is 4.26. The highest BCUT2D eigenvalue weighted by atomic mass is 16.5. The van der Waals surface area contributed by atoms with Crippen LogP contribution in [0.5, 0.6) is 0 Å². The van der Waals surface area contributed by atoms with Gasteiger partial charge in [-0.25, -0.2) is 14.4 Å². The Morgan fingerprint density at radius 3 is 2.17 bits per heavy atom. The average Bonchev–Trinajstić information content (AvgIpc) is 2.76. The molecule has 6 heteroatoms. The van der Waals surface area contributed by atoms with Crippen molar-refractivity contribution in [3.63, 3.8) is 0 Å². The SMILES string of the molecule is CCCCOC(=O)/C=C/c1c(C(=O)OC)cccc1-c1ccccc1C(=O)OC. The number of esters is 3. The van der Waals surface area contributed by atoms with Crippen molar-refractivity contribution in [3.8, 4) is 11.1 Å². The minimum absolute atomic E-state index is 0.266. The van der Waals surface area contributed by atoms with E-state index in [4.69, 9.17) is 14.2 Å². The average molecular weight is 396 g/mol. The molecule has 0 unspecified atom stereocenters. The van der Waals surface area contributed by atoms with Crippen LogP contribution in [0.4, 0.5) is 0 Å². The molecule has 0 aliphatic carbocycles. The first-order valence-corrected chi connectivity index (χ1v) is 9.27. The zero-order valence-corrected chi connectivity index (χ0v) is 16.8. The summed E-state index contributed by atoms with van der Waals surface area (Å²) in [5.41, 5.74) is 2.22. The highest BCUT2D eigenvalue weighted by Crippen LogP contribution is 2.31. The highest BCUT2D eigenvalue weighted by molar-refractivity contribution is 6.03. The molecular weight excluding hydrogens is 372 g/mol. The molecule has 0 N–H and O–H groups in total.